The van der Waals surface area contributed by atoms with Gasteiger partial charge in [-0.2, -0.15) is 5.26 Å². The molecule has 0 atom stereocenters. The minimum absolute atomic E-state index is 0.0450. The maximum absolute atomic E-state index is 12.0. The van der Waals surface area contributed by atoms with Crippen molar-refractivity contribution in [3.8, 4) is 6.07 Å². The Morgan fingerprint density at radius 1 is 1.29 bits per heavy atom. The van der Waals surface area contributed by atoms with Crippen molar-refractivity contribution >= 4 is 10.9 Å². The largest absolute Gasteiger partial charge is 0.359 e. The average molecular weight is 226 g/mol. The Morgan fingerprint density at radius 3 is 2.59 bits per heavy atom. The smallest absolute Gasteiger partial charge is 0.207 e. The standard InChI is InChI=1S/C14H14N2O/c1-14(2,3)11-6-4-5-10-12(11)16-8-9(7-15)13(10)17/h4-6,8H,1-3H3,(H,16,17). The Morgan fingerprint density at radius 2 is 2.00 bits per heavy atom. The molecule has 2 aromatic rings. The monoisotopic (exact) mass is 226 g/mol. The van der Waals surface area contributed by atoms with Gasteiger partial charge in [-0.05, 0) is 17.0 Å². The van der Waals surface area contributed by atoms with Gasteiger partial charge >= 0.3 is 0 Å². The molecule has 0 aliphatic heterocycles. The summed E-state index contributed by atoms with van der Waals surface area (Å²) in [7, 11) is 0. The van der Waals surface area contributed by atoms with Crippen LogP contribution in [0.2, 0.25) is 0 Å². The van der Waals surface area contributed by atoms with Gasteiger partial charge in [0, 0.05) is 11.6 Å². The maximum atomic E-state index is 12.0. The summed E-state index contributed by atoms with van der Waals surface area (Å²) in [4.78, 5) is 15.1. The maximum Gasteiger partial charge on any atom is 0.207 e. The molecule has 0 spiro atoms. The molecule has 1 heterocycles. The number of nitrogens with zero attached hydrogens (tertiary/aromatic N) is 1. The van der Waals surface area contributed by atoms with Gasteiger partial charge in [-0.1, -0.05) is 32.9 Å². The molecule has 0 bridgehead atoms. The third kappa shape index (κ3) is 1.83. The third-order valence-electron chi connectivity index (χ3n) is 2.84. The number of pyridine rings is 1. The second-order valence-corrected chi connectivity index (χ2v) is 5.12. The lowest BCUT2D eigenvalue weighted by Gasteiger charge is -2.20. The first-order valence-electron chi connectivity index (χ1n) is 5.50. The summed E-state index contributed by atoms with van der Waals surface area (Å²) in [5.74, 6) is 0. The molecular weight excluding hydrogens is 212 g/mol. The summed E-state index contributed by atoms with van der Waals surface area (Å²) >= 11 is 0. The fourth-order valence-corrected chi connectivity index (χ4v) is 1.96. The number of hydrogen-bond acceptors (Lipinski definition) is 2. The average Bonchev–Trinajstić information content (AvgIpc) is 2.28. The summed E-state index contributed by atoms with van der Waals surface area (Å²) in [5.41, 5.74) is 1.81. The lowest BCUT2D eigenvalue weighted by molar-refractivity contribution is 0.594. The van der Waals surface area contributed by atoms with Crippen molar-refractivity contribution in [1.82, 2.24) is 4.98 Å². The zero-order chi connectivity index (χ0) is 12.6. The van der Waals surface area contributed by atoms with E-state index in [1.54, 1.807) is 6.07 Å². The van der Waals surface area contributed by atoms with E-state index in [1.807, 2.05) is 18.2 Å². The van der Waals surface area contributed by atoms with Gasteiger partial charge in [-0.3, -0.25) is 4.79 Å². The van der Waals surface area contributed by atoms with E-state index < -0.39 is 0 Å². The second kappa shape index (κ2) is 3.74. The number of aromatic amines is 1. The molecule has 0 amide bonds. The Balaban J connectivity index is 2.91. The zero-order valence-corrected chi connectivity index (χ0v) is 10.2. The lowest BCUT2D eigenvalue weighted by atomic mass is 9.85. The van der Waals surface area contributed by atoms with Gasteiger partial charge in [0.1, 0.15) is 11.6 Å². The molecule has 3 heteroatoms. The SMILES string of the molecule is CC(C)(C)c1cccc2c(=O)c(C#N)c[nH]c12. The second-order valence-electron chi connectivity index (χ2n) is 5.12. The van der Waals surface area contributed by atoms with E-state index in [0.717, 1.165) is 11.1 Å². The van der Waals surface area contributed by atoms with Crippen LogP contribution in [0.4, 0.5) is 0 Å². The molecule has 0 saturated heterocycles. The highest BCUT2D eigenvalue weighted by Gasteiger charge is 2.18. The summed E-state index contributed by atoms with van der Waals surface area (Å²) in [5, 5.41) is 9.42. The molecule has 1 N–H and O–H groups in total. The number of nitriles is 1. The zero-order valence-electron chi connectivity index (χ0n) is 10.2. The highest BCUT2D eigenvalue weighted by molar-refractivity contribution is 5.83. The van der Waals surface area contributed by atoms with E-state index in [-0.39, 0.29) is 16.4 Å². The van der Waals surface area contributed by atoms with Crippen LogP contribution in [0, 0.1) is 11.3 Å². The number of fused-ring (bicyclic) bond motifs is 1. The molecule has 1 aromatic carbocycles. The molecule has 0 aliphatic rings. The Hall–Kier alpha value is -2.08. The minimum atomic E-state index is -0.202. The third-order valence-corrected chi connectivity index (χ3v) is 2.84. The van der Waals surface area contributed by atoms with Gasteiger partial charge < -0.3 is 4.98 Å². The van der Waals surface area contributed by atoms with Crippen LogP contribution in [0.5, 0.6) is 0 Å². The van der Waals surface area contributed by atoms with Gasteiger partial charge in [0.2, 0.25) is 5.43 Å². The predicted octanol–water partition coefficient (Wildman–Crippen LogP) is 2.70. The molecule has 0 aliphatic carbocycles. The summed E-state index contributed by atoms with van der Waals surface area (Å²) < 4.78 is 0. The normalized spacial score (nSPS) is 11.4. The van der Waals surface area contributed by atoms with Crippen LogP contribution in [0.15, 0.2) is 29.2 Å². The van der Waals surface area contributed by atoms with Crippen molar-refractivity contribution in [3.05, 3.63) is 45.7 Å². The number of para-hydroxylation sites is 1. The number of benzene rings is 1. The topological polar surface area (TPSA) is 56.6 Å². The quantitative estimate of drug-likeness (QED) is 0.750. The lowest BCUT2D eigenvalue weighted by Crippen LogP contribution is -2.15. The number of aromatic nitrogens is 1. The van der Waals surface area contributed by atoms with Crippen molar-refractivity contribution < 1.29 is 0 Å². The van der Waals surface area contributed by atoms with Gasteiger partial charge in [0.15, 0.2) is 0 Å². The molecule has 0 radical (unpaired) electrons. The first-order chi connectivity index (χ1) is 7.95. The fourth-order valence-electron chi connectivity index (χ4n) is 1.96. The molecular formula is C14H14N2O. The van der Waals surface area contributed by atoms with E-state index in [2.05, 4.69) is 25.8 Å². The van der Waals surface area contributed by atoms with E-state index in [1.165, 1.54) is 6.20 Å². The minimum Gasteiger partial charge on any atom is -0.359 e. The highest BCUT2D eigenvalue weighted by Crippen LogP contribution is 2.27. The molecule has 0 saturated carbocycles. The Kier molecular flexibility index (Phi) is 2.51. The van der Waals surface area contributed by atoms with Gasteiger partial charge in [0.05, 0.1) is 5.52 Å². The molecule has 3 nitrogen and oxygen atoms in total. The van der Waals surface area contributed by atoms with Crippen LogP contribution in [0.25, 0.3) is 10.9 Å². The summed E-state index contributed by atoms with van der Waals surface area (Å²) in [6.45, 7) is 6.29. The van der Waals surface area contributed by atoms with Crippen LogP contribution in [-0.4, -0.2) is 4.98 Å². The first-order valence-corrected chi connectivity index (χ1v) is 5.50. The molecule has 86 valence electrons. The van der Waals surface area contributed by atoms with Gasteiger partial charge in [-0.25, -0.2) is 0 Å². The van der Waals surface area contributed by atoms with Crippen LogP contribution in [-0.2, 0) is 5.41 Å². The van der Waals surface area contributed by atoms with E-state index >= 15 is 0 Å². The number of nitrogens with one attached hydrogen (secondary N) is 1. The van der Waals surface area contributed by atoms with Crippen molar-refractivity contribution in [2.24, 2.45) is 0 Å². The molecule has 0 unspecified atom stereocenters. The van der Waals surface area contributed by atoms with Crippen molar-refractivity contribution in [2.45, 2.75) is 26.2 Å². The highest BCUT2D eigenvalue weighted by atomic mass is 16.1. The molecule has 1 aromatic heterocycles. The molecule has 2 rings (SSSR count). The van der Waals surface area contributed by atoms with Crippen LogP contribution in [0.1, 0.15) is 31.9 Å². The predicted molar refractivity (Wildman–Crippen MR) is 68.0 cm³/mol. The Labute approximate surface area is 99.7 Å². The van der Waals surface area contributed by atoms with Crippen LogP contribution < -0.4 is 5.43 Å². The summed E-state index contributed by atoms with van der Waals surface area (Å²) in [6.07, 6.45) is 1.49. The summed E-state index contributed by atoms with van der Waals surface area (Å²) in [6, 6.07) is 7.52. The van der Waals surface area contributed by atoms with Gasteiger partial charge in [0.25, 0.3) is 0 Å². The van der Waals surface area contributed by atoms with Gasteiger partial charge in [-0.15, -0.1) is 0 Å². The Bertz CT molecular complexity index is 669. The van der Waals surface area contributed by atoms with Crippen molar-refractivity contribution in [2.75, 3.05) is 0 Å². The molecule has 17 heavy (non-hydrogen) atoms. The van der Waals surface area contributed by atoms with E-state index in [4.69, 9.17) is 5.26 Å². The van der Waals surface area contributed by atoms with Crippen LogP contribution in [0.3, 0.4) is 0 Å². The first kappa shape index (κ1) is 11.4. The number of hydrogen-bond donors (Lipinski definition) is 1. The molecule has 0 fully saturated rings. The number of H-pyrrole nitrogens is 1. The fraction of sp³-hybridized carbons (Fsp3) is 0.286. The van der Waals surface area contributed by atoms with Crippen molar-refractivity contribution in [3.63, 3.8) is 0 Å². The number of rotatable bonds is 0. The van der Waals surface area contributed by atoms with E-state index in [9.17, 15) is 4.79 Å². The van der Waals surface area contributed by atoms with Crippen molar-refractivity contribution in [1.29, 1.82) is 5.26 Å². The van der Waals surface area contributed by atoms with Crippen LogP contribution >= 0.6 is 0 Å². The van der Waals surface area contributed by atoms with E-state index in [0.29, 0.717) is 5.39 Å².